The zero-order chi connectivity index (χ0) is 18.3. The average molecular weight is 373 g/mol. The molecule has 6 nitrogen and oxygen atoms in total. The number of hydrogen-bond donors (Lipinski definition) is 0. The van der Waals surface area contributed by atoms with Gasteiger partial charge in [-0.15, -0.1) is 0 Å². The maximum atomic E-state index is 13.0. The number of nitrogens with zero attached hydrogens (tertiary/aromatic N) is 3. The molecule has 0 aromatic carbocycles. The highest BCUT2D eigenvalue weighted by atomic mass is 32.2. The predicted octanol–water partition coefficient (Wildman–Crippen LogP) is 2.07. The van der Waals surface area contributed by atoms with E-state index < -0.39 is 10.0 Å². The van der Waals surface area contributed by atoms with Crippen molar-refractivity contribution in [1.82, 2.24) is 13.9 Å². The van der Waals surface area contributed by atoms with Crippen LogP contribution in [0, 0.1) is 5.92 Å². The van der Waals surface area contributed by atoms with Crippen molar-refractivity contribution in [2.24, 2.45) is 5.92 Å². The minimum atomic E-state index is -3.20. The zero-order valence-corrected chi connectivity index (χ0v) is 15.7. The molecule has 0 aliphatic carbocycles. The Morgan fingerprint density at radius 3 is 2.77 bits per heavy atom. The summed E-state index contributed by atoms with van der Waals surface area (Å²) in [6, 6.07) is 7.55. The molecule has 7 heteroatoms. The Kier molecular flexibility index (Phi) is 4.44. The van der Waals surface area contributed by atoms with Crippen molar-refractivity contribution in [3.8, 4) is 11.1 Å². The van der Waals surface area contributed by atoms with Crippen LogP contribution in [0.2, 0.25) is 0 Å². The SMILES string of the molecule is CCCS(=O)(=O)N1CC2CC(C1)c1ccc(-c3cccnc3)c(=O)n1C2. The van der Waals surface area contributed by atoms with Crippen molar-refractivity contribution in [2.75, 3.05) is 18.8 Å². The molecule has 0 radical (unpaired) electrons. The normalized spacial score (nSPS) is 22.8. The molecule has 2 aliphatic rings. The van der Waals surface area contributed by atoms with Gasteiger partial charge in [0.15, 0.2) is 0 Å². The van der Waals surface area contributed by atoms with E-state index in [1.54, 1.807) is 16.7 Å². The smallest absolute Gasteiger partial charge is 0.258 e. The zero-order valence-electron chi connectivity index (χ0n) is 14.8. The summed E-state index contributed by atoms with van der Waals surface area (Å²) in [4.78, 5) is 17.1. The fourth-order valence-corrected chi connectivity index (χ4v) is 5.88. The minimum absolute atomic E-state index is 0.00457. The van der Waals surface area contributed by atoms with Crippen molar-refractivity contribution in [2.45, 2.75) is 32.2 Å². The first-order valence-corrected chi connectivity index (χ1v) is 10.7. The van der Waals surface area contributed by atoms with Gasteiger partial charge < -0.3 is 4.57 Å². The molecular formula is C19H23N3O3S. The maximum Gasteiger partial charge on any atom is 0.258 e. The van der Waals surface area contributed by atoms with E-state index in [9.17, 15) is 13.2 Å². The molecule has 0 saturated carbocycles. The van der Waals surface area contributed by atoms with E-state index in [1.807, 2.05) is 35.8 Å². The van der Waals surface area contributed by atoms with Crippen LogP contribution in [0.25, 0.3) is 11.1 Å². The van der Waals surface area contributed by atoms with Crippen molar-refractivity contribution >= 4 is 10.0 Å². The lowest BCUT2D eigenvalue weighted by molar-refractivity contribution is 0.186. The Bertz CT molecular complexity index is 969. The van der Waals surface area contributed by atoms with E-state index in [0.717, 1.165) is 17.7 Å². The first-order chi connectivity index (χ1) is 12.5. The van der Waals surface area contributed by atoms with Crippen LogP contribution in [0.3, 0.4) is 0 Å². The third-order valence-corrected chi connectivity index (χ3v) is 7.41. The molecule has 0 spiro atoms. The highest BCUT2D eigenvalue weighted by molar-refractivity contribution is 7.89. The van der Waals surface area contributed by atoms with Crippen molar-refractivity contribution in [3.63, 3.8) is 0 Å². The number of fused-ring (bicyclic) bond motifs is 4. The molecule has 4 rings (SSSR count). The van der Waals surface area contributed by atoms with E-state index in [2.05, 4.69) is 4.98 Å². The van der Waals surface area contributed by atoms with Gasteiger partial charge in [0.2, 0.25) is 10.0 Å². The number of rotatable bonds is 4. The minimum Gasteiger partial charge on any atom is -0.311 e. The van der Waals surface area contributed by atoms with Gasteiger partial charge in [0.25, 0.3) is 5.56 Å². The lowest BCUT2D eigenvalue weighted by atomic mass is 9.84. The topological polar surface area (TPSA) is 72.3 Å². The summed E-state index contributed by atoms with van der Waals surface area (Å²) in [5.41, 5.74) is 2.42. The Morgan fingerprint density at radius 2 is 2.04 bits per heavy atom. The van der Waals surface area contributed by atoms with Crippen LogP contribution in [0.1, 0.15) is 31.4 Å². The summed E-state index contributed by atoms with van der Waals surface area (Å²) in [5.74, 6) is 0.471. The fraction of sp³-hybridized carbons (Fsp3) is 0.474. The first kappa shape index (κ1) is 17.4. The monoisotopic (exact) mass is 373 g/mol. The molecule has 2 aromatic rings. The summed E-state index contributed by atoms with van der Waals surface area (Å²) in [6.07, 6.45) is 4.96. The number of piperidine rings is 1. The second kappa shape index (κ2) is 6.63. The third kappa shape index (κ3) is 2.99. The summed E-state index contributed by atoms with van der Waals surface area (Å²) in [6.45, 7) is 3.46. The summed E-state index contributed by atoms with van der Waals surface area (Å²) in [7, 11) is -3.20. The van der Waals surface area contributed by atoms with Gasteiger partial charge in [-0.3, -0.25) is 9.78 Å². The second-order valence-electron chi connectivity index (χ2n) is 7.26. The van der Waals surface area contributed by atoms with Crippen molar-refractivity contribution in [1.29, 1.82) is 0 Å². The largest absolute Gasteiger partial charge is 0.311 e. The quantitative estimate of drug-likeness (QED) is 0.822. The molecule has 1 saturated heterocycles. The van der Waals surface area contributed by atoms with E-state index in [1.165, 1.54) is 0 Å². The molecule has 2 bridgehead atoms. The Morgan fingerprint density at radius 1 is 1.19 bits per heavy atom. The number of sulfonamides is 1. The maximum absolute atomic E-state index is 13.0. The molecule has 1 fully saturated rings. The molecule has 2 aromatic heterocycles. The molecule has 26 heavy (non-hydrogen) atoms. The van der Waals surface area contributed by atoms with Gasteiger partial charge in [0.1, 0.15) is 0 Å². The van der Waals surface area contributed by atoms with Gasteiger partial charge >= 0.3 is 0 Å². The van der Waals surface area contributed by atoms with Crippen LogP contribution >= 0.6 is 0 Å². The highest BCUT2D eigenvalue weighted by Gasteiger charge is 2.38. The number of hydrogen-bond acceptors (Lipinski definition) is 4. The lowest BCUT2D eigenvalue weighted by Crippen LogP contribution is -2.49. The van der Waals surface area contributed by atoms with Gasteiger partial charge in [-0.1, -0.05) is 13.0 Å². The van der Waals surface area contributed by atoms with E-state index in [0.29, 0.717) is 31.6 Å². The first-order valence-electron chi connectivity index (χ1n) is 9.11. The van der Waals surface area contributed by atoms with E-state index >= 15 is 0 Å². The van der Waals surface area contributed by atoms with E-state index in [4.69, 9.17) is 0 Å². The molecule has 2 unspecified atom stereocenters. The molecule has 0 amide bonds. The van der Waals surface area contributed by atoms with Gasteiger partial charge in [0.05, 0.1) is 5.75 Å². The summed E-state index contributed by atoms with van der Waals surface area (Å²) < 4.78 is 28.5. The Labute approximate surface area is 153 Å². The molecule has 2 aliphatic heterocycles. The van der Waals surface area contributed by atoms with E-state index in [-0.39, 0.29) is 23.1 Å². The van der Waals surface area contributed by atoms with Crippen molar-refractivity contribution < 1.29 is 8.42 Å². The summed E-state index contributed by atoms with van der Waals surface area (Å²) >= 11 is 0. The van der Waals surface area contributed by atoms with Crippen LogP contribution in [0.4, 0.5) is 0 Å². The molecule has 2 atom stereocenters. The van der Waals surface area contributed by atoms with Crippen LogP contribution in [0.5, 0.6) is 0 Å². The third-order valence-electron chi connectivity index (χ3n) is 5.40. The highest BCUT2D eigenvalue weighted by Crippen LogP contribution is 2.36. The Hall–Kier alpha value is -1.99. The molecule has 0 N–H and O–H groups in total. The standard InChI is InChI=1S/C19H23N3O3S/c1-2-8-26(24,25)21-11-14-9-16(13-21)18-6-5-17(19(23)22(18)12-14)15-4-3-7-20-10-15/h3-7,10,14,16H,2,8-9,11-13H2,1H3. The second-order valence-corrected chi connectivity index (χ2v) is 9.35. The average Bonchev–Trinajstić information content (AvgIpc) is 2.63. The van der Waals surface area contributed by atoms with Crippen LogP contribution in [0.15, 0.2) is 41.5 Å². The van der Waals surface area contributed by atoms with Gasteiger partial charge in [-0.25, -0.2) is 12.7 Å². The Balaban J connectivity index is 1.70. The van der Waals surface area contributed by atoms with Crippen molar-refractivity contribution in [3.05, 3.63) is 52.7 Å². The molecular weight excluding hydrogens is 350 g/mol. The van der Waals surface area contributed by atoms with Crippen LogP contribution in [-0.2, 0) is 16.6 Å². The molecule has 4 heterocycles. The van der Waals surface area contributed by atoms with Gasteiger partial charge in [-0.05, 0) is 37.0 Å². The van der Waals surface area contributed by atoms with Gasteiger partial charge in [0, 0.05) is 54.8 Å². The summed E-state index contributed by atoms with van der Waals surface area (Å²) in [5, 5.41) is 0. The lowest BCUT2D eigenvalue weighted by Gasteiger charge is -2.42. The molecule has 138 valence electrons. The van der Waals surface area contributed by atoms with Gasteiger partial charge in [-0.2, -0.15) is 0 Å². The number of aromatic nitrogens is 2. The predicted molar refractivity (Wildman–Crippen MR) is 100 cm³/mol. The van der Waals surface area contributed by atoms with Crippen LogP contribution in [-0.4, -0.2) is 41.1 Å². The van der Waals surface area contributed by atoms with Crippen LogP contribution < -0.4 is 5.56 Å². The number of pyridine rings is 2. The fourth-order valence-electron chi connectivity index (χ4n) is 4.26.